The van der Waals surface area contributed by atoms with Crippen molar-refractivity contribution in [2.75, 3.05) is 5.32 Å². The molecule has 0 saturated heterocycles. The Labute approximate surface area is 181 Å². The fraction of sp³-hybridized carbons (Fsp3) is 0.190. The summed E-state index contributed by atoms with van der Waals surface area (Å²) in [5, 5.41) is 5.34. The van der Waals surface area contributed by atoms with Gasteiger partial charge in [-0.3, -0.25) is 5.32 Å². The van der Waals surface area contributed by atoms with Crippen LogP contribution in [-0.4, -0.2) is 16.1 Å². The Kier molecular flexibility index (Phi) is 5.54. The molecule has 0 aliphatic rings. The molecule has 29 heavy (non-hydrogen) atoms. The van der Waals surface area contributed by atoms with E-state index in [-0.39, 0.29) is 6.61 Å². The predicted molar refractivity (Wildman–Crippen MR) is 120 cm³/mol. The number of rotatable bonds is 4. The van der Waals surface area contributed by atoms with Gasteiger partial charge in [-0.2, -0.15) is 0 Å². The van der Waals surface area contributed by atoms with Crippen LogP contribution < -0.4 is 5.32 Å². The maximum Gasteiger partial charge on any atom is 0.411 e. The van der Waals surface area contributed by atoms with Gasteiger partial charge in [0.2, 0.25) is 0 Å². The average Bonchev–Trinajstić information content (AvgIpc) is 3.21. The molecule has 0 bridgehead atoms. The summed E-state index contributed by atoms with van der Waals surface area (Å²) in [5.41, 5.74) is 4.47. The van der Waals surface area contributed by atoms with Crippen molar-refractivity contribution in [1.82, 2.24) is 9.97 Å². The molecule has 4 rings (SSSR count). The summed E-state index contributed by atoms with van der Waals surface area (Å²) in [5.74, 6) is 0. The van der Waals surface area contributed by atoms with Gasteiger partial charge < -0.3 is 4.74 Å². The minimum atomic E-state index is -0.506. The van der Waals surface area contributed by atoms with Crippen molar-refractivity contribution in [3.63, 3.8) is 0 Å². The molecule has 0 fully saturated rings. The molecule has 2 aromatic heterocycles. The van der Waals surface area contributed by atoms with E-state index in [0.717, 1.165) is 41.9 Å². The standard InChI is InChI=1S/C21H18ClN3O2S2/c1-11-8-14(22)4-6-16(11)20-23-12(2)19(29-20)10-27-21(26)25-15-5-7-18-17(9-15)24-13(3)28-18/h4-9H,10H2,1-3H3,(H,25,26). The molecular formula is C21H18ClN3O2S2. The smallest absolute Gasteiger partial charge is 0.411 e. The van der Waals surface area contributed by atoms with Gasteiger partial charge in [0.1, 0.15) is 11.6 Å². The number of anilines is 1. The Hall–Kier alpha value is -2.48. The van der Waals surface area contributed by atoms with Crippen molar-refractivity contribution in [1.29, 1.82) is 0 Å². The highest BCUT2D eigenvalue weighted by molar-refractivity contribution is 7.18. The number of thiazole rings is 2. The topological polar surface area (TPSA) is 64.1 Å². The van der Waals surface area contributed by atoms with E-state index in [4.69, 9.17) is 16.3 Å². The first-order valence-electron chi connectivity index (χ1n) is 8.93. The lowest BCUT2D eigenvalue weighted by molar-refractivity contribution is 0.156. The van der Waals surface area contributed by atoms with E-state index >= 15 is 0 Å². The molecule has 148 valence electrons. The van der Waals surface area contributed by atoms with Gasteiger partial charge in [-0.25, -0.2) is 14.8 Å². The van der Waals surface area contributed by atoms with E-state index in [1.165, 1.54) is 11.3 Å². The zero-order chi connectivity index (χ0) is 20.5. The van der Waals surface area contributed by atoms with Crippen LogP contribution in [0, 0.1) is 20.8 Å². The molecule has 0 atom stereocenters. The second-order valence-electron chi connectivity index (χ2n) is 6.60. The van der Waals surface area contributed by atoms with Gasteiger partial charge in [-0.15, -0.1) is 22.7 Å². The predicted octanol–water partition coefficient (Wildman–Crippen LogP) is 6.75. The van der Waals surface area contributed by atoms with Gasteiger partial charge in [0, 0.05) is 16.3 Å². The summed E-state index contributed by atoms with van der Waals surface area (Å²) < 4.78 is 6.50. The summed E-state index contributed by atoms with van der Waals surface area (Å²) in [4.78, 5) is 22.2. The van der Waals surface area contributed by atoms with Crippen LogP contribution in [0.4, 0.5) is 10.5 Å². The summed E-state index contributed by atoms with van der Waals surface area (Å²) in [7, 11) is 0. The molecule has 0 aliphatic carbocycles. The first-order valence-corrected chi connectivity index (χ1v) is 10.9. The van der Waals surface area contributed by atoms with E-state index in [2.05, 4.69) is 15.3 Å². The van der Waals surface area contributed by atoms with Gasteiger partial charge >= 0.3 is 6.09 Å². The second-order valence-corrected chi connectivity index (χ2v) is 9.36. The number of carbonyl (C=O) groups is 1. The number of aromatic nitrogens is 2. The molecule has 4 aromatic rings. The van der Waals surface area contributed by atoms with Crippen LogP contribution in [0.15, 0.2) is 36.4 Å². The number of carbonyl (C=O) groups excluding carboxylic acids is 1. The Morgan fingerprint density at radius 1 is 1.10 bits per heavy atom. The molecule has 0 spiro atoms. The van der Waals surface area contributed by atoms with Crippen molar-refractivity contribution in [2.45, 2.75) is 27.4 Å². The van der Waals surface area contributed by atoms with Gasteiger partial charge in [-0.1, -0.05) is 17.7 Å². The van der Waals surface area contributed by atoms with Crippen LogP contribution in [0.2, 0.25) is 5.02 Å². The van der Waals surface area contributed by atoms with Crippen molar-refractivity contribution in [3.05, 3.63) is 62.6 Å². The highest BCUT2D eigenvalue weighted by Gasteiger charge is 2.14. The third-order valence-corrected chi connectivity index (χ3v) is 6.74. The largest absolute Gasteiger partial charge is 0.444 e. The summed E-state index contributed by atoms with van der Waals surface area (Å²) in [6.45, 7) is 6.05. The van der Waals surface area contributed by atoms with Crippen LogP contribution in [0.1, 0.15) is 21.1 Å². The van der Waals surface area contributed by atoms with Crippen molar-refractivity contribution >= 4 is 56.3 Å². The van der Waals surface area contributed by atoms with E-state index < -0.39 is 6.09 Å². The molecule has 1 amide bonds. The molecule has 0 unspecified atom stereocenters. The molecule has 0 saturated carbocycles. The highest BCUT2D eigenvalue weighted by Crippen LogP contribution is 2.32. The Morgan fingerprint density at radius 3 is 2.72 bits per heavy atom. The van der Waals surface area contributed by atoms with Crippen LogP contribution in [0.5, 0.6) is 0 Å². The number of halogens is 1. The van der Waals surface area contributed by atoms with E-state index in [0.29, 0.717) is 10.7 Å². The highest BCUT2D eigenvalue weighted by atomic mass is 35.5. The van der Waals surface area contributed by atoms with Crippen LogP contribution in [-0.2, 0) is 11.3 Å². The monoisotopic (exact) mass is 443 g/mol. The first kappa shape index (κ1) is 19.8. The molecule has 0 aliphatic heterocycles. The lowest BCUT2D eigenvalue weighted by Crippen LogP contribution is -2.13. The number of fused-ring (bicyclic) bond motifs is 1. The van der Waals surface area contributed by atoms with Crippen LogP contribution >= 0.6 is 34.3 Å². The van der Waals surface area contributed by atoms with Crippen LogP contribution in [0.25, 0.3) is 20.8 Å². The van der Waals surface area contributed by atoms with Gasteiger partial charge in [0.05, 0.1) is 25.8 Å². The number of benzene rings is 2. The first-order chi connectivity index (χ1) is 13.9. The summed E-state index contributed by atoms with van der Waals surface area (Å²) in [6, 6.07) is 11.4. The van der Waals surface area contributed by atoms with Crippen molar-refractivity contribution < 1.29 is 9.53 Å². The molecule has 0 radical (unpaired) electrons. The molecule has 5 nitrogen and oxygen atoms in total. The van der Waals surface area contributed by atoms with Crippen molar-refractivity contribution in [3.8, 4) is 10.6 Å². The quantitative estimate of drug-likeness (QED) is 0.379. The zero-order valence-corrected chi connectivity index (χ0v) is 18.5. The summed E-state index contributed by atoms with van der Waals surface area (Å²) >= 11 is 9.18. The Bertz CT molecular complexity index is 1220. The number of hydrogen-bond acceptors (Lipinski definition) is 6. The number of nitrogens with one attached hydrogen (secondary N) is 1. The minimum Gasteiger partial charge on any atom is -0.444 e. The fourth-order valence-electron chi connectivity index (χ4n) is 2.95. The SMILES string of the molecule is Cc1nc2cc(NC(=O)OCc3sc(-c4ccc(Cl)cc4C)nc3C)ccc2s1. The van der Waals surface area contributed by atoms with Gasteiger partial charge in [-0.05, 0) is 56.7 Å². The maximum absolute atomic E-state index is 12.2. The number of nitrogens with zero attached hydrogens (tertiary/aromatic N) is 2. The third kappa shape index (κ3) is 4.42. The number of aryl methyl sites for hydroxylation is 3. The van der Waals surface area contributed by atoms with E-state index in [1.54, 1.807) is 11.3 Å². The second kappa shape index (κ2) is 8.10. The summed E-state index contributed by atoms with van der Waals surface area (Å²) in [6.07, 6.45) is -0.506. The molecule has 8 heteroatoms. The van der Waals surface area contributed by atoms with Gasteiger partial charge in [0.25, 0.3) is 0 Å². The molecule has 2 aromatic carbocycles. The van der Waals surface area contributed by atoms with Crippen LogP contribution in [0.3, 0.4) is 0 Å². The molecule has 2 heterocycles. The number of amides is 1. The average molecular weight is 444 g/mol. The number of ether oxygens (including phenoxy) is 1. The van der Waals surface area contributed by atoms with E-state index in [9.17, 15) is 4.79 Å². The Balaban J connectivity index is 1.43. The van der Waals surface area contributed by atoms with Gasteiger partial charge in [0.15, 0.2) is 0 Å². The van der Waals surface area contributed by atoms with E-state index in [1.807, 2.05) is 57.2 Å². The minimum absolute atomic E-state index is 0.167. The number of hydrogen-bond donors (Lipinski definition) is 1. The zero-order valence-electron chi connectivity index (χ0n) is 16.1. The Morgan fingerprint density at radius 2 is 1.93 bits per heavy atom. The lowest BCUT2D eigenvalue weighted by atomic mass is 10.1. The maximum atomic E-state index is 12.2. The fourth-order valence-corrected chi connectivity index (χ4v) is 5.05. The molecule has 1 N–H and O–H groups in total. The lowest BCUT2D eigenvalue weighted by Gasteiger charge is -2.06. The molecular weight excluding hydrogens is 426 g/mol. The third-order valence-electron chi connectivity index (χ3n) is 4.39. The normalized spacial score (nSPS) is 11.0. The van der Waals surface area contributed by atoms with Crippen molar-refractivity contribution in [2.24, 2.45) is 0 Å².